The van der Waals surface area contributed by atoms with Gasteiger partial charge >= 0.3 is 5.69 Å². The number of nitro benzene ring substituents is 1. The molecule has 0 heterocycles. The first-order chi connectivity index (χ1) is 5.65. The SMILES string of the molecule is Cc1ccc(OO)c([N+](=O)[O-])c1. The molecular weight excluding hydrogens is 162 g/mol. The Labute approximate surface area is 68.3 Å². The lowest BCUT2D eigenvalue weighted by molar-refractivity contribution is -0.387. The number of benzene rings is 1. The van der Waals surface area contributed by atoms with Crippen LogP contribution in [0.25, 0.3) is 0 Å². The Hall–Kier alpha value is -1.62. The Kier molecular flexibility index (Phi) is 2.25. The van der Waals surface area contributed by atoms with Crippen LogP contribution in [0.3, 0.4) is 0 Å². The number of aryl methyl sites for hydroxylation is 1. The van der Waals surface area contributed by atoms with Gasteiger partial charge in [-0.05, 0) is 18.6 Å². The van der Waals surface area contributed by atoms with Crippen molar-refractivity contribution in [3.05, 3.63) is 33.9 Å². The summed E-state index contributed by atoms with van der Waals surface area (Å²) in [5, 5.41) is 18.6. The summed E-state index contributed by atoms with van der Waals surface area (Å²) < 4.78 is 0. The summed E-state index contributed by atoms with van der Waals surface area (Å²) in [6.07, 6.45) is 0. The molecule has 1 aromatic carbocycles. The summed E-state index contributed by atoms with van der Waals surface area (Å²) in [7, 11) is 0. The second kappa shape index (κ2) is 3.19. The van der Waals surface area contributed by atoms with E-state index in [2.05, 4.69) is 4.89 Å². The lowest BCUT2D eigenvalue weighted by Crippen LogP contribution is -1.94. The van der Waals surface area contributed by atoms with E-state index < -0.39 is 4.92 Å². The molecule has 0 aliphatic heterocycles. The van der Waals surface area contributed by atoms with Crippen molar-refractivity contribution in [3.63, 3.8) is 0 Å². The van der Waals surface area contributed by atoms with E-state index in [0.717, 1.165) is 5.56 Å². The highest BCUT2D eigenvalue weighted by Crippen LogP contribution is 2.26. The second-order valence-corrected chi connectivity index (χ2v) is 2.32. The highest BCUT2D eigenvalue weighted by Gasteiger charge is 2.14. The average Bonchev–Trinajstić information content (AvgIpc) is 2.04. The van der Waals surface area contributed by atoms with Gasteiger partial charge in [-0.1, -0.05) is 6.07 Å². The van der Waals surface area contributed by atoms with Crippen LogP contribution in [0.4, 0.5) is 5.69 Å². The zero-order valence-corrected chi connectivity index (χ0v) is 6.35. The lowest BCUT2D eigenvalue weighted by Gasteiger charge is -1.98. The fourth-order valence-corrected chi connectivity index (χ4v) is 0.847. The quantitative estimate of drug-likeness (QED) is 0.416. The topological polar surface area (TPSA) is 72.6 Å². The molecule has 1 rings (SSSR count). The van der Waals surface area contributed by atoms with Crippen LogP contribution in [0, 0.1) is 17.0 Å². The summed E-state index contributed by atoms with van der Waals surface area (Å²) in [5.41, 5.74) is 0.500. The molecule has 0 bridgehead atoms. The third-order valence-corrected chi connectivity index (χ3v) is 1.41. The van der Waals surface area contributed by atoms with Crippen molar-refractivity contribution >= 4 is 5.69 Å². The van der Waals surface area contributed by atoms with Gasteiger partial charge in [-0.2, -0.15) is 0 Å². The fraction of sp³-hybridized carbons (Fsp3) is 0.143. The number of nitro groups is 1. The summed E-state index contributed by atoms with van der Waals surface area (Å²) >= 11 is 0. The smallest absolute Gasteiger partial charge is 0.315 e. The van der Waals surface area contributed by atoms with Crippen LogP contribution in [0.2, 0.25) is 0 Å². The molecule has 1 aromatic rings. The minimum absolute atomic E-state index is 0.148. The van der Waals surface area contributed by atoms with Crippen LogP contribution in [0.15, 0.2) is 18.2 Å². The molecule has 0 amide bonds. The van der Waals surface area contributed by atoms with Gasteiger partial charge < -0.3 is 4.89 Å². The van der Waals surface area contributed by atoms with Crippen LogP contribution in [0.1, 0.15) is 5.56 Å². The maximum Gasteiger partial charge on any atom is 0.315 e. The van der Waals surface area contributed by atoms with Gasteiger partial charge in [-0.25, -0.2) is 5.26 Å². The Balaban J connectivity index is 3.21. The molecule has 64 valence electrons. The van der Waals surface area contributed by atoms with Crippen LogP contribution >= 0.6 is 0 Å². The van der Waals surface area contributed by atoms with E-state index in [9.17, 15) is 10.1 Å². The van der Waals surface area contributed by atoms with Crippen molar-refractivity contribution in [2.24, 2.45) is 0 Å². The minimum Gasteiger partial charge on any atom is -0.333 e. The van der Waals surface area contributed by atoms with E-state index in [4.69, 9.17) is 5.26 Å². The summed E-state index contributed by atoms with van der Waals surface area (Å²) in [6.45, 7) is 1.72. The number of hydrogen-bond acceptors (Lipinski definition) is 4. The van der Waals surface area contributed by atoms with Gasteiger partial charge in [-0.3, -0.25) is 10.1 Å². The largest absolute Gasteiger partial charge is 0.333 e. The van der Waals surface area contributed by atoms with Crippen molar-refractivity contribution in [2.45, 2.75) is 6.92 Å². The molecule has 0 aromatic heterocycles. The molecule has 12 heavy (non-hydrogen) atoms. The maximum atomic E-state index is 10.3. The zero-order valence-electron chi connectivity index (χ0n) is 6.35. The predicted octanol–water partition coefficient (Wildman–Crippen LogP) is 1.76. The van der Waals surface area contributed by atoms with E-state index in [0.29, 0.717) is 0 Å². The van der Waals surface area contributed by atoms with Gasteiger partial charge in [0, 0.05) is 6.07 Å². The van der Waals surface area contributed by atoms with Crippen molar-refractivity contribution < 1.29 is 15.1 Å². The van der Waals surface area contributed by atoms with Gasteiger partial charge in [-0.15, -0.1) is 0 Å². The van der Waals surface area contributed by atoms with Gasteiger partial charge in [0.15, 0.2) is 0 Å². The van der Waals surface area contributed by atoms with E-state index in [1.165, 1.54) is 12.1 Å². The van der Waals surface area contributed by atoms with Crippen LogP contribution in [-0.4, -0.2) is 10.2 Å². The van der Waals surface area contributed by atoms with Crippen LogP contribution in [0.5, 0.6) is 5.75 Å². The van der Waals surface area contributed by atoms with Crippen molar-refractivity contribution in [1.29, 1.82) is 0 Å². The Morgan fingerprint density at radius 2 is 2.25 bits per heavy atom. The van der Waals surface area contributed by atoms with Gasteiger partial charge in [0.25, 0.3) is 0 Å². The molecule has 0 saturated carbocycles. The van der Waals surface area contributed by atoms with Gasteiger partial charge in [0.05, 0.1) is 4.92 Å². The van der Waals surface area contributed by atoms with Gasteiger partial charge in [0.1, 0.15) is 0 Å². The second-order valence-electron chi connectivity index (χ2n) is 2.32. The molecule has 5 nitrogen and oxygen atoms in total. The Morgan fingerprint density at radius 3 is 2.75 bits per heavy atom. The molecule has 0 spiro atoms. The van der Waals surface area contributed by atoms with Crippen molar-refractivity contribution in [3.8, 4) is 5.75 Å². The van der Waals surface area contributed by atoms with E-state index >= 15 is 0 Å². The maximum absolute atomic E-state index is 10.3. The highest BCUT2D eigenvalue weighted by atomic mass is 17.1. The molecule has 5 heteroatoms. The first-order valence-corrected chi connectivity index (χ1v) is 3.21. The molecule has 0 atom stereocenters. The summed E-state index contributed by atoms with van der Waals surface area (Å²) in [6, 6.07) is 4.28. The third-order valence-electron chi connectivity index (χ3n) is 1.41. The van der Waals surface area contributed by atoms with E-state index in [1.54, 1.807) is 13.0 Å². The van der Waals surface area contributed by atoms with Crippen LogP contribution in [-0.2, 0) is 0 Å². The van der Waals surface area contributed by atoms with Crippen molar-refractivity contribution in [1.82, 2.24) is 0 Å². The van der Waals surface area contributed by atoms with Crippen LogP contribution < -0.4 is 4.89 Å². The molecule has 1 N–H and O–H groups in total. The van der Waals surface area contributed by atoms with E-state index in [-0.39, 0.29) is 11.4 Å². The highest BCUT2D eigenvalue weighted by molar-refractivity contribution is 5.47. The summed E-state index contributed by atoms with van der Waals surface area (Å²) in [5.74, 6) is -0.148. The standard InChI is InChI=1S/C7H7NO4/c1-5-2-3-7(12-11)6(4-5)8(9)10/h2-4,11H,1H3. The number of nitrogens with zero attached hydrogens (tertiary/aromatic N) is 1. The molecule has 0 aliphatic carbocycles. The fourth-order valence-electron chi connectivity index (χ4n) is 0.847. The Morgan fingerprint density at radius 1 is 1.58 bits per heavy atom. The normalized spacial score (nSPS) is 9.50. The first-order valence-electron chi connectivity index (χ1n) is 3.21. The van der Waals surface area contributed by atoms with Gasteiger partial charge in [0.2, 0.25) is 5.75 Å². The van der Waals surface area contributed by atoms with Crippen molar-refractivity contribution in [2.75, 3.05) is 0 Å². The van der Waals surface area contributed by atoms with E-state index in [1.807, 2.05) is 0 Å². The predicted molar refractivity (Wildman–Crippen MR) is 41.1 cm³/mol. The third kappa shape index (κ3) is 1.51. The minimum atomic E-state index is -0.613. The lowest BCUT2D eigenvalue weighted by atomic mass is 10.2. The molecular formula is C7H7NO4. The average molecular weight is 169 g/mol. The molecule has 0 unspecified atom stereocenters. The molecule has 0 aliphatic rings. The summed E-state index contributed by atoms with van der Waals surface area (Å²) in [4.78, 5) is 13.6. The molecule has 0 radical (unpaired) electrons. The number of hydrogen-bond donors (Lipinski definition) is 1. The zero-order chi connectivity index (χ0) is 9.14. The monoisotopic (exact) mass is 169 g/mol. The first kappa shape index (κ1) is 8.48. The molecule has 0 saturated heterocycles. The number of rotatable bonds is 2. The Bertz CT molecular complexity index is 310. The molecule has 0 fully saturated rings.